The van der Waals surface area contributed by atoms with Crippen LogP contribution in [-0.2, 0) is 6.18 Å². The van der Waals surface area contributed by atoms with Crippen LogP contribution < -0.4 is 5.32 Å². The molecule has 3 aromatic rings. The molecule has 5 nitrogen and oxygen atoms in total. The molecule has 1 aromatic carbocycles. The van der Waals surface area contributed by atoms with E-state index in [1.54, 1.807) is 30.3 Å². The monoisotopic (exact) mass is 428 g/mol. The van der Waals surface area contributed by atoms with E-state index < -0.39 is 18.0 Å². The molecule has 0 saturated heterocycles. The molecule has 0 bridgehead atoms. The molecule has 0 aliphatic heterocycles. The molecule has 0 radical (unpaired) electrons. The fourth-order valence-electron chi connectivity index (χ4n) is 2.44. The second-order valence-corrected chi connectivity index (χ2v) is 6.55. The minimum Gasteiger partial charge on any atom is -0.386 e. The summed E-state index contributed by atoms with van der Waals surface area (Å²) in [6, 6.07) is 8.60. The minimum absolute atomic E-state index is 0.108. The van der Waals surface area contributed by atoms with E-state index in [0.29, 0.717) is 5.56 Å². The normalized spacial score (nSPS) is 12.6. The molecule has 1 unspecified atom stereocenters. The fourth-order valence-corrected chi connectivity index (χ4v) is 3.09. The maximum Gasteiger partial charge on any atom is 0.433 e. The first kappa shape index (κ1) is 20.3. The van der Waals surface area contributed by atoms with Gasteiger partial charge in [0, 0.05) is 46.2 Å². The van der Waals surface area contributed by atoms with Crippen molar-refractivity contribution in [3.63, 3.8) is 0 Å². The molecule has 146 valence electrons. The standard InChI is InChI=1S/C18H13Cl2F3N4O/c19-11-4-1-5-12(20)16(11)13(28)9-25-15-7-14(18(21,22)23)26-17(27-15)10-3-2-6-24-8-10/h1-8,13,28H,9H2,(H,25,26,27). The zero-order chi connectivity index (χ0) is 20.3. The molecular weight excluding hydrogens is 416 g/mol. The van der Waals surface area contributed by atoms with Gasteiger partial charge in [-0.1, -0.05) is 29.3 Å². The molecule has 2 aromatic heterocycles. The van der Waals surface area contributed by atoms with Crippen LogP contribution in [0.2, 0.25) is 10.0 Å². The number of alkyl halides is 3. The molecule has 2 heterocycles. The van der Waals surface area contributed by atoms with Crippen molar-refractivity contribution < 1.29 is 18.3 Å². The van der Waals surface area contributed by atoms with E-state index in [0.717, 1.165) is 6.07 Å². The van der Waals surface area contributed by atoms with Crippen LogP contribution in [0.3, 0.4) is 0 Å². The number of halogens is 5. The van der Waals surface area contributed by atoms with E-state index in [2.05, 4.69) is 20.3 Å². The van der Waals surface area contributed by atoms with E-state index in [9.17, 15) is 18.3 Å². The lowest BCUT2D eigenvalue weighted by molar-refractivity contribution is -0.141. The minimum atomic E-state index is -4.67. The van der Waals surface area contributed by atoms with Gasteiger partial charge in [0.1, 0.15) is 5.82 Å². The Morgan fingerprint density at radius 3 is 2.39 bits per heavy atom. The summed E-state index contributed by atoms with van der Waals surface area (Å²) in [6.45, 7) is -0.162. The maximum absolute atomic E-state index is 13.2. The lowest BCUT2D eigenvalue weighted by Crippen LogP contribution is -2.16. The Hall–Kier alpha value is -2.42. The summed E-state index contributed by atoms with van der Waals surface area (Å²) in [5, 5.41) is 13.5. The Bertz CT molecular complexity index is 951. The van der Waals surface area contributed by atoms with Gasteiger partial charge in [-0.15, -0.1) is 0 Å². The summed E-state index contributed by atoms with van der Waals surface area (Å²) < 4.78 is 39.6. The predicted octanol–water partition coefficient (Wildman–Crippen LogP) is 5.01. The van der Waals surface area contributed by atoms with Crippen molar-refractivity contribution in [2.75, 3.05) is 11.9 Å². The average Bonchev–Trinajstić information content (AvgIpc) is 2.66. The lowest BCUT2D eigenvalue weighted by atomic mass is 10.1. The summed E-state index contributed by atoms with van der Waals surface area (Å²) in [5.74, 6) is -0.251. The van der Waals surface area contributed by atoms with E-state index in [1.807, 2.05) is 0 Å². The number of nitrogens with one attached hydrogen (secondary N) is 1. The number of pyridine rings is 1. The van der Waals surface area contributed by atoms with Crippen molar-refractivity contribution in [2.45, 2.75) is 12.3 Å². The zero-order valence-corrected chi connectivity index (χ0v) is 15.6. The van der Waals surface area contributed by atoms with Crippen LogP contribution in [0.15, 0.2) is 48.8 Å². The highest BCUT2D eigenvalue weighted by Gasteiger charge is 2.34. The molecule has 0 spiro atoms. The number of aliphatic hydroxyl groups excluding tert-OH is 1. The average molecular weight is 429 g/mol. The summed E-state index contributed by atoms with van der Waals surface area (Å²) in [4.78, 5) is 11.5. The van der Waals surface area contributed by atoms with Gasteiger partial charge in [-0.2, -0.15) is 13.2 Å². The Balaban J connectivity index is 1.89. The van der Waals surface area contributed by atoms with Gasteiger partial charge in [-0.25, -0.2) is 9.97 Å². The number of benzene rings is 1. The van der Waals surface area contributed by atoms with E-state index in [4.69, 9.17) is 23.2 Å². The Labute approximate surface area is 168 Å². The van der Waals surface area contributed by atoms with Crippen LogP contribution in [0.5, 0.6) is 0 Å². The molecule has 0 saturated carbocycles. The first-order chi connectivity index (χ1) is 13.3. The van der Waals surface area contributed by atoms with Crippen LogP contribution in [0.4, 0.5) is 19.0 Å². The van der Waals surface area contributed by atoms with Gasteiger partial charge in [-0.05, 0) is 24.3 Å². The third-order valence-electron chi connectivity index (χ3n) is 3.75. The molecule has 0 aliphatic carbocycles. The number of aromatic nitrogens is 3. The van der Waals surface area contributed by atoms with Crippen molar-refractivity contribution in [1.82, 2.24) is 15.0 Å². The van der Waals surface area contributed by atoms with Crippen LogP contribution in [-0.4, -0.2) is 26.6 Å². The number of hydrogen-bond acceptors (Lipinski definition) is 5. The predicted molar refractivity (Wildman–Crippen MR) is 100 cm³/mol. The molecule has 0 fully saturated rings. The number of nitrogens with zero attached hydrogens (tertiary/aromatic N) is 3. The van der Waals surface area contributed by atoms with E-state index in [1.165, 1.54) is 12.4 Å². The van der Waals surface area contributed by atoms with E-state index >= 15 is 0 Å². The molecule has 10 heteroatoms. The summed E-state index contributed by atoms with van der Waals surface area (Å²) in [5.41, 5.74) is -0.517. The number of anilines is 1. The molecule has 28 heavy (non-hydrogen) atoms. The first-order valence-electron chi connectivity index (χ1n) is 7.98. The van der Waals surface area contributed by atoms with Gasteiger partial charge in [0.2, 0.25) is 0 Å². The van der Waals surface area contributed by atoms with Gasteiger partial charge in [-0.3, -0.25) is 4.98 Å². The second-order valence-electron chi connectivity index (χ2n) is 5.73. The highest BCUT2D eigenvalue weighted by atomic mass is 35.5. The largest absolute Gasteiger partial charge is 0.433 e. The van der Waals surface area contributed by atoms with Gasteiger partial charge >= 0.3 is 6.18 Å². The molecule has 1 atom stereocenters. The first-order valence-corrected chi connectivity index (χ1v) is 8.74. The van der Waals surface area contributed by atoms with Gasteiger partial charge in [0.05, 0.1) is 6.10 Å². The highest BCUT2D eigenvalue weighted by Crippen LogP contribution is 2.32. The summed E-state index contributed by atoms with van der Waals surface area (Å²) in [7, 11) is 0. The smallest absolute Gasteiger partial charge is 0.386 e. The quantitative estimate of drug-likeness (QED) is 0.597. The topological polar surface area (TPSA) is 70.9 Å². The summed E-state index contributed by atoms with van der Waals surface area (Å²) in [6.07, 6.45) is -2.98. The lowest BCUT2D eigenvalue weighted by Gasteiger charge is -2.16. The van der Waals surface area contributed by atoms with Crippen LogP contribution in [0, 0.1) is 0 Å². The number of aliphatic hydroxyl groups is 1. The highest BCUT2D eigenvalue weighted by molar-refractivity contribution is 6.36. The molecule has 2 N–H and O–H groups in total. The Morgan fingerprint density at radius 1 is 1.07 bits per heavy atom. The third kappa shape index (κ3) is 4.70. The van der Waals surface area contributed by atoms with Crippen molar-refractivity contribution in [2.24, 2.45) is 0 Å². The van der Waals surface area contributed by atoms with Crippen LogP contribution >= 0.6 is 23.2 Å². The maximum atomic E-state index is 13.2. The molecule has 0 aliphatic rings. The van der Waals surface area contributed by atoms with E-state index in [-0.39, 0.29) is 33.8 Å². The van der Waals surface area contributed by atoms with Crippen LogP contribution in [0.25, 0.3) is 11.4 Å². The third-order valence-corrected chi connectivity index (χ3v) is 4.40. The van der Waals surface area contributed by atoms with Gasteiger partial charge in [0.15, 0.2) is 11.5 Å². The Kier molecular flexibility index (Phi) is 6.02. The second kappa shape index (κ2) is 8.30. The van der Waals surface area contributed by atoms with Crippen molar-refractivity contribution in [3.05, 3.63) is 70.1 Å². The molecule has 3 rings (SSSR count). The van der Waals surface area contributed by atoms with Gasteiger partial charge in [0.25, 0.3) is 0 Å². The van der Waals surface area contributed by atoms with Crippen molar-refractivity contribution in [1.29, 1.82) is 0 Å². The molecular formula is C18H13Cl2F3N4O. The summed E-state index contributed by atoms with van der Waals surface area (Å²) >= 11 is 12.1. The van der Waals surface area contributed by atoms with Crippen molar-refractivity contribution in [3.8, 4) is 11.4 Å². The van der Waals surface area contributed by atoms with Crippen molar-refractivity contribution >= 4 is 29.0 Å². The van der Waals surface area contributed by atoms with Gasteiger partial charge < -0.3 is 10.4 Å². The molecule has 0 amide bonds. The Morgan fingerprint density at radius 2 is 1.79 bits per heavy atom. The zero-order valence-electron chi connectivity index (χ0n) is 14.1. The number of rotatable bonds is 5. The fraction of sp³-hybridized carbons (Fsp3) is 0.167. The SMILES string of the molecule is OC(CNc1cc(C(F)(F)F)nc(-c2cccnc2)n1)c1c(Cl)cccc1Cl. The number of hydrogen-bond donors (Lipinski definition) is 2. The van der Waals surface area contributed by atoms with Crippen LogP contribution in [0.1, 0.15) is 17.4 Å².